The molecule has 1 N–H and O–H groups in total. The van der Waals surface area contributed by atoms with Crippen molar-refractivity contribution >= 4 is 22.8 Å². The number of rotatable bonds is 3. The molecule has 1 rings (SSSR count). The van der Waals surface area contributed by atoms with Crippen LogP contribution in [-0.4, -0.2) is 48.4 Å². The molecule has 0 bridgehead atoms. The van der Waals surface area contributed by atoms with Crippen LogP contribution < -0.4 is 5.32 Å². The van der Waals surface area contributed by atoms with Gasteiger partial charge < -0.3 is 10.2 Å². The fourth-order valence-electron chi connectivity index (χ4n) is 1.04. The molecular formula is C9H17N3OS. The molecule has 0 radical (unpaired) electrons. The van der Waals surface area contributed by atoms with Crippen molar-refractivity contribution in [3.63, 3.8) is 0 Å². The maximum Gasteiger partial charge on any atom is 0.241 e. The number of nitrogens with one attached hydrogen (secondary N) is 1. The molecule has 4 nitrogen and oxygen atoms in total. The van der Waals surface area contributed by atoms with Gasteiger partial charge in [-0.1, -0.05) is 18.7 Å². The summed E-state index contributed by atoms with van der Waals surface area (Å²) in [4.78, 5) is 17.1. The molecule has 1 aliphatic heterocycles. The first-order chi connectivity index (χ1) is 6.63. The Morgan fingerprint density at radius 1 is 1.71 bits per heavy atom. The second-order valence-electron chi connectivity index (χ2n) is 3.44. The Morgan fingerprint density at radius 3 is 2.93 bits per heavy atom. The largest absolute Gasteiger partial charge is 0.356 e. The van der Waals surface area contributed by atoms with Gasteiger partial charge in [0.25, 0.3) is 0 Å². The normalized spacial score (nSPS) is 20.5. The quantitative estimate of drug-likeness (QED) is 0.747. The summed E-state index contributed by atoms with van der Waals surface area (Å²) in [5, 5.41) is 4.55. The number of likely N-dealkylation sites (N-methyl/N-ethyl adjacent to an activating group) is 1. The van der Waals surface area contributed by atoms with Gasteiger partial charge in [-0.25, -0.2) is 0 Å². The van der Waals surface area contributed by atoms with Crippen LogP contribution in [0.5, 0.6) is 0 Å². The molecule has 0 aliphatic carbocycles. The number of carbonyl (C=O) groups excluding carboxylic acids is 1. The van der Waals surface area contributed by atoms with Gasteiger partial charge in [0.15, 0.2) is 5.17 Å². The molecular weight excluding hydrogens is 198 g/mol. The van der Waals surface area contributed by atoms with Crippen LogP contribution in [0.2, 0.25) is 0 Å². The van der Waals surface area contributed by atoms with Crippen molar-refractivity contribution in [2.24, 2.45) is 4.99 Å². The van der Waals surface area contributed by atoms with E-state index in [4.69, 9.17) is 0 Å². The molecule has 80 valence electrons. The summed E-state index contributed by atoms with van der Waals surface area (Å²) in [6.45, 7) is 3.37. The van der Waals surface area contributed by atoms with Crippen molar-refractivity contribution < 1.29 is 4.79 Å². The molecule has 0 fully saturated rings. The lowest BCUT2D eigenvalue weighted by Gasteiger charge is -2.11. The highest BCUT2D eigenvalue weighted by atomic mass is 32.2. The average molecular weight is 215 g/mol. The highest BCUT2D eigenvalue weighted by molar-refractivity contribution is 8.14. The van der Waals surface area contributed by atoms with Crippen LogP contribution in [0, 0.1) is 0 Å². The molecule has 5 heteroatoms. The van der Waals surface area contributed by atoms with Crippen LogP contribution in [0.1, 0.15) is 13.3 Å². The maximum atomic E-state index is 11.2. The highest BCUT2D eigenvalue weighted by Crippen LogP contribution is 2.21. The summed E-state index contributed by atoms with van der Waals surface area (Å²) in [5.74, 6) is 0.0771. The van der Waals surface area contributed by atoms with E-state index >= 15 is 0 Å². The van der Waals surface area contributed by atoms with Gasteiger partial charge in [0.2, 0.25) is 5.91 Å². The van der Waals surface area contributed by atoms with Crippen molar-refractivity contribution in [1.29, 1.82) is 0 Å². The van der Waals surface area contributed by atoms with Crippen molar-refractivity contribution in [1.82, 2.24) is 10.2 Å². The Labute approximate surface area is 89.1 Å². The average Bonchev–Trinajstić information content (AvgIpc) is 2.61. The molecule has 0 aromatic carbocycles. The summed E-state index contributed by atoms with van der Waals surface area (Å²) in [6.07, 6.45) is 1.13. The number of amides is 1. The monoisotopic (exact) mass is 215 g/mol. The van der Waals surface area contributed by atoms with E-state index in [9.17, 15) is 4.79 Å². The number of hydrogen-bond acceptors (Lipinski definition) is 4. The third-order valence-corrected chi connectivity index (χ3v) is 3.37. The van der Waals surface area contributed by atoms with Crippen molar-refractivity contribution in [3.05, 3.63) is 0 Å². The number of carbonyl (C=O) groups is 1. The lowest BCUT2D eigenvalue weighted by Crippen LogP contribution is -2.34. The van der Waals surface area contributed by atoms with Gasteiger partial charge in [-0.2, -0.15) is 0 Å². The zero-order chi connectivity index (χ0) is 10.6. The molecule has 14 heavy (non-hydrogen) atoms. The minimum Gasteiger partial charge on any atom is -0.356 e. The summed E-state index contributed by atoms with van der Waals surface area (Å²) in [7, 11) is 3.50. The van der Waals surface area contributed by atoms with Gasteiger partial charge in [-0.05, 0) is 6.42 Å². The third kappa shape index (κ3) is 3.21. The second kappa shape index (κ2) is 5.24. The number of thioether (sulfide) groups is 1. The molecule has 0 aromatic heterocycles. The molecule has 0 saturated heterocycles. The predicted molar refractivity (Wildman–Crippen MR) is 60.7 cm³/mol. The van der Waals surface area contributed by atoms with Crippen molar-refractivity contribution in [2.75, 3.05) is 27.2 Å². The number of hydrogen-bond donors (Lipinski definition) is 1. The van der Waals surface area contributed by atoms with Crippen molar-refractivity contribution in [2.45, 2.75) is 18.6 Å². The molecule has 1 heterocycles. The van der Waals surface area contributed by atoms with Gasteiger partial charge in [0.1, 0.15) is 0 Å². The van der Waals surface area contributed by atoms with E-state index in [2.05, 4.69) is 17.2 Å². The van der Waals surface area contributed by atoms with Gasteiger partial charge >= 0.3 is 0 Å². The zero-order valence-corrected chi connectivity index (χ0v) is 9.73. The number of nitrogens with zero attached hydrogens (tertiary/aromatic N) is 2. The SMILES string of the molecule is CCC1CN=C(NCC(=O)N(C)C)S1. The molecule has 0 saturated carbocycles. The van der Waals surface area contributed by atoms with Gasteiger partial charge in [-0.15, -0.1) is 0 Å². The van der Waals surface area contributed by atoms with E-state index in [0.29, 0.717) is 11.8 Å². The van der Waals surface area contributed by atoms with E-state index in [0.717, 1.165) is 18.1 Å². The summed E-state index contributed by atoms with van der Waals surface area (Å²) < 4.78 is 0. The smallest absolute Gasteiger partial charge is 0.241 e. The van der Waals surface area contributed by atoms with E-state index in [1.165, 1.54) is 0 Å². The van der Waals surface area contributed by atoms with Crippen LogP contribution in [0.25, 0.3) is 0 Å². The molecule has 1 amide bonds. The Kier molecular flexibility index (Phi) is 4.25. The van der Waals surface area contributed by atoms with Crippen LogP contribution in [0.4, 0.5) is 0 Å². The third-order valence-electron chi connectivity index (χ3n) is 2.06. The molecule has 0 spiro atoms. The van der Waals surface area contributed by atoms with Crippen LogP contribution >= 0.6 is 11.8 Å². The molecule has 1 unspecified atom stereocenters. The standard InChI is InChI=1S/C9H17N3OS/c1-4-7-5-10-9(14-7)11-6-8(13)12(2)3/h7H,4-6H2,1-3H3,(H,10,11). The number of amidine groups is 1. The summed E-state index contributed by atoms with van der Waals surface area (Å²) in [6, 6.07) is 0. The fraction of sp³-hybridized carbons (Fsp3) is 0.778. The fourth-order valence-corrected chi connectivity index (χ4v) is 1.97. The lowest BCUT2D eigenvalue weighted by molar-refractivity contribution is -0.127. The number of aliphatic imine (C=N–C) groups is 1. The Balaban J connectivity index is 2.24. The van der Waals surface area contributed by atoms with Gasteiger partial charge in [0, 0.05) is 19.3 Å². The highest BCUT2D eigenvalue weighted by Gasteiger charge is 2.17. The Bertz CT molecular complexity index is 240. The van der Waals surface area contributed by atoms with Crippen LogP contribution in [0.3, 0.4) is 0 Å². The van der Waals surface area contributed by atoms with E-state index in [1.54, 1.807) is 30.8 Å². The van der Waals surface area contributed by atoms with Crippen LogP contribution in [0.15, 0.2) is 4.99 Å². The summed E-state index contributed by atoms with van der Waals surface area (Å²) >= 11 is 1.73. The zero-order valence-electron chi connectivity index (χ0n) is 8.91. The van der Waals surface area contributed by atoms with E-state index < -0.39 is 0 Å². The van der Waals surface area contributed by atoms with Crippen molar-refractivity contribution in [3.8, 4) is 0 Å². The Morgan fingerprint density at radius 2 is 2.43 bits per heavy atom. The first-order valence-electron chi connectivity index (χ1n) is 4.78. The minimum atomic E-state index is 0.0771. The van der Waals surface area contributed by atoms with Gasteiger partial charge in [0.05, 0.1) is 13.1 Å². The van der Waals surface area contributed by atoms with E-state index in [1.807, 2.05) is 0 Å². The minimum absolute atomic E-state index is 0.0771. The first-order valence-corrected chi connectivity index (χ1v) is 5.66. The van der Waals surface area contributed by atoms with E-state index in [-0.39, 0.29) is 5.91 Å². The summed E-state index contributed by atoms with van der Waals surface area (Å²) in [5.41, 5.74) is 0. The van der Waals surface area contributed by atoms with Gasteiger partial charge in [-0.3, -0.25) is 9.79 Å². The first kappa shape index (κ1) is 11.4. The Hall–Kier alpha value is -0.710. The lowest BCUT2D eigenvalue weighted by atomic mass is 10.3. The molecule has 1 atom stereocenters. The molecule has 0 aromatic rings. The van der Waals surface area contributed by atoms with Crippen LogP contribution in [-0.2, 0) is 4.79 Å². The molecule has 1 aliphatic rings. The predicted octanol–water partition coefficient (Wildman–Crippen LogP) is 0.546. The second-order valence-corrected chi connectivity index (χ2v) is 4.72. The maximum absolute atomic E-state index is 11.2. The topological polar surface area (TPSA) is 44.7 Å².